The van der Waals surface area contributed by atoms with Crippen LogP contribution < -0.4 is 5.32 Å². The van der Waals surface area contributed by atoms with E-state index in [1.165, 1.54) is 32.2 Å². The molecule has 1 aliphatic rings. The molecule has 0 saturated carbocycles. The molecule has 0 fully saturated rings. The molecule has 1 rings (SSSR count). The fraction of sp³-hybridized carbons (Fsp3) is 0.875. The number of hydrogen-bond donors (Lipinski definition) is 1. The lowest BCUT2D eigenvalue weighted by atomic mass is 9.83. The molecule has 0 aromatic rings. The summed E-state index contributed by atoms with van der Waals surface area (Å²) < 4.78 is 0. The van der Waals surface area contributed by atoms with Crippen molar-refractivity contribution >= 4 is 0 Å². The maximum Gasteiger partial charge on any atom is 0.00389 e. The van der Waals surface area contributed by atoms with E-state index < -0.39 is 0 Å². The van der Waals surface area contributed by atoms with E-state index in [4.69, 9.17) is 0 Å². The molecule has 100 valence electrons. The first-order chi connectivity index (χ1) is 7.97. The van der Waals surface area contributed by atoms with Gasteiger partial charge < -0.3 is 5.32 Å². The van der Waals surface area contributed by atoms with E-state index in [1.54, 1.807) is 5.57 Å². The first kappa shape index (κ1) is 14.8. The van der Waals surface area contributed by atoms with Crippen molar-refractivity contribution < 1.29 is 0 Å². The highest BCUT2D eigenvalue weighted by molar-refractivity contribution is 5.06. The zero-order valence-electron chi connectivity index (χ0n) is 12.4. The van der Waals surface area contributed by atoms with E-state index in [-0.39, 0.29) is 0 Å². The van der Waals surface area contributed by atoms with E-state index in [0.717, 1.165) is 17.8 Å². The molecule has 0 aromatic carbocycles. The van der Waals surface area contributed by atoms with Gasteiger partial charge in [-0.25, -0.2) is 0 Å². The second-order valence-corrected chi connectivity index (χ2v) is 6.58. The van der Waals surface area contributed by atoms with Crippen LogP contribution in [0.2, 0.25) is 0 Å². The van der Waals surface area contributed by atoms with Gasteiger partial charge in [0.15, 0.2) is 0 Å². The Balaban J connectivity index is 2.20. The van der Waals surface area contributed by atoms with Crippen molar-refractivity contribution in [1.29, 1.82) is 0 Å². The van der Waals surface area contributed by atoms with E-state index in [2.05, 4.69) is 46.0 Å². The molecule has 1 heteroatoms. The van der Waals surface area contributed by atoms with Crippen LogP contribution in [-0.2, 0) is 0 Å². The Morgan fingerprint density at radius 1 is 1.29 bits per heavy atom. The van der Waals surface area contributed by atoms with E-state index >= 15 is 0 Å². The maximum absolute atomic E-state index is 3.72. The molecule has 1 aliphatic carbocycles. The Hall–Kier alpha value is -0.300. The average molecular weight is 237 g/mol. The number of rotatable bonds is 6. The van der Waals surface area contributed by atoms with E-state index in [9.17, 15) is 0 Å². The first-order valence-electron chi connectivity index (χ1n) is 7.38. The molecule has 1 N–H and O–H groups in total. The third-order valence-electron chi connectivity index (χ3n) is 3.82. The van der Waals surface area contributed by atoms with Gasteiger partial charge in [0.1, 0.15) is 0 Å². The van der Waals surface area contributed by atoms with Gasteiger partial charge in [0, 0.05) is 6.04 Å². The van der Waals surface area contributed by atoms with E-state index in [1.807, 2.05) is 0 Å². The Labute approximate surface area is 108 Å². The molecule has 3 atom stereocenters. The largest absolute Gasteiger partial charge is 0.314 e. The van der Waals surface area contributed by atoms with Gasteiger partial charge in [0.2, 0.25) is 0 Å². The standard InChI is InChI=1S/C16H31N/c1-12(2)6-7-15(5)17-11-16-9-13(3)8-14(4)10-16/h8,12-13,15-17H,6-7,9-11H2,1-5H3. The average Bonchev–Trinajstić information content (AvgIpc) is 2.22. The quantitative estimate of drug-likeness (QED) is 0.675. The summed E-state index contributed by atoms with van der Waals surface area (Å²) in [5.74, 6) is 2.47. The van der Waals surface area contributed by atoms with Crippen LogP contribution in [0.4, 0.5) is 0 Å². The molecule has 0 amide bonds. The lowest BCUT2D eigenvalue weighted by molar-refractivity contribution is 0.352. The molecular weight excluding hydrogens is 206 g/mol. The third-order valence-corrected chi connectivity index (χ3v) is 3.82. The van der Waals surface area contributed by atoms with Crippen molar-refractivity contribution in [3.63, 3.8) is 0 Å². The normalized spacial score (nSPS) is 27.1. The van der Waals surface area contributed by atoms with Crippen molar-refractivity contribution in [3.05, 3.63) is 11.6 Å². The topological polar surface area (TPSA) is 12.0 Å². The lowest BCUT2D eigenvalue weighted by Gasteiger charge is -2.27. The van der Waals surface area contributed by atoms with Crippen molar-refractivity contribution in [3.8, 4) is 0 Å². The highest BCUT2D eigenvalue weighted by atomic mass is 14.9. The van der Waals surface area contributed by atoms with Crippen molar-refractivity contribution in [2.24, 2.45) is 17.8 Å². The van der Waals surface area contributed by atoms with Crippen LogP contribution in [0.5, 0.6) is 0 Å². The van der Waals surface area contributed by atoms with Crippen LogP contribution in [0.3, 0.4) is 0 Å². The third kappa shape index (κ3) is 6.26. The van der Waals surface area contributed by atoms with Crippen LogP contribution in [-0.4, -0.2) is 12.6 Å². The summed E-state index contributed by atoms with van der Waals surface area (Å²) >= 11 is 0. The minimum absolute atomic E-state index is 0.680. The molecule has 0 aliphatic heterocycles. The minimum atomic E-state index is 0.680. The zero-order chi connectivity index (χ0) is 12.8. The van der Waals surface area contributed by atoms with Gasteiger partial charge in [-0.2, -0.15) is 0 Å². The smallest absolute Gasteiger partial charge is 0.00389 e. The maximum atomic E-state index is 3.72. The van der Waals surface area contributed by atoms with Gasteiger partial charge >= 0.3 is 0 Å². The summed E-state index contributed by atoms with van der Waals surface area (Å²) in [7, 11) is 0. The number of nitrogens with one attached hydrogen (secondary N) is 1. The van der Waals surface area contributed by atoms with Gasteiger partial charge in [-0.05, 0) is 63.8 Å². The van der Waals surface area contributed by atoms with Gasteiger partial charge in [0.05, 0.1) is 0 Å². The molecule has 3 unspecified atom stereocenters. The minimum Gasteiger partial charge on any atom is -0.314 e. The van der Waals surface area contributed by atoms with Crippen molar-refractivity contribution in [2.45, 2.75) is 66.3 Å². The van der Waals surface area contributed by atoms with E-state index in [0.29, 0.717) is 6.04 Å². The second kappa shape index (κ2) is 7.20. The predicted octanol–water partition coefficient (Wildman–Crippen LogP) is 4.39. The fourth-order valence-corrected chi connectivity index (χ4v) is 2.89. The second-order valence-electron chi connectivity index (χ2n) is 6.58. The Morgan fingerprint density at radius 3 is 2.59 bits per heavy atom. The fourth-order valence-electron chi connectivity index (χ4n) is 2.89. The Bertz CT molecular complexity index is 242. The van der Waals surface area contributed by atoms with Crippen molar-refractivity contribution in [2.75, 3.05) is 6.54 Å². The summed E-state index contributed by atoms with van der Waals surface area (Å²) in [5.41, 5.74) is 1.59. The van der Waals surface area contributed by atoms with Gasteiger partial charge in [-0.3, -0.25) is 0 Å². The van der Waals surface area contributed by atoms with Crippen LogP contribution >= 0.6 is 0 Å². The molecule has 0 spiro atoms. The Morgan fingerprint density at radius 2 is 2.00 bits per heavy atom. The molecule has 0 bridgehead atoms. The lowest BCUT2D eigenvalue weighted by Crippen LogP contribution is -2.33. The SMILES string of the molecule is CC1=CC(C)CC(CNC(C)CCC(C)C)C1. The molecule has 17 heavy (non-hydrogen) atoms. The summed E-state index contributed by atoms with van der Waals surface area (Å²) in [6.07, 6.45) is 7.76. The van der Waals surface area contributed by atoms with Gasteiger partial charge in [-0.15, -0.1) is 0 Å². The summed E-state index contributed by atoms with van der Waals surface area (Å²) in [6, 6.07) is 0.680. The molecule has 0 aromatic heterocycles. The molecule has 0 saturated heterocycles. The van der Waals surface area contributed by atoms with Crippen LogP contribution in [0.1, 0.15) is 60.3 Å². The highest BCUT2D eigenvalue weighted by Crippen LogP contribution is 2.27. The summed E-state index contributed by atoms with van der Waals surface area (Å²) in [5, 5.41) is 3.72. The Kier molecular flexibility index (Phi) is 6.26. The van der Waals surface area contributed by atoms with Crippen LogP contribution in [0, 0.1) is 17.8 Å². The molecule has 0 heterocycles. The summed E-state index contributed by atoms with van der Waals surface area (Å²) in [4.78, 5) is 0. The summed E-state index contributed by atoms with van der Waals surface area (Å²) in [6.45, 7) is 12.8. The number of allylic oxidation sites excluding steroid dienone is 2. The number of hydrogen-bond acceptors (Lipinski definition) is 1. The van der Waals surface area contributed by atoms with Crippen LogP contribution in [0.15, 0.2) is 11.6 Å². The predicted molar refractivity (Wildman–Crippen MR) is 77.2 cm³/mol. The van der Waals surface area contributed by atoms with Crippen LogP contribution in [0.25, 0.3) is 0 Å². The monoisotopic (exact) mass is 237 g/mol. The first-order valence-corrected chi connectivity index (χ1v) is 7.38. The molecule has 0 radical (unpaired) electrons. The molecule has 1 nitrogen and oxygen atoms in total. The van der Waals surface area contributed by atoms with Gasteiger partial charge in [-0.1, -0.05) is 32.4 Å². The zero-order valence-corrected chi connectivity index (χ0v) is 12.4. The highest BCUT2D eigenvalue weighted by Gasteiger charge is 2.18. The van der Waals surface area contributed by atoms with Crippen molar-refractivity contribution in [1.82, 2.24) is 5.32 Å². The molecular formula is C16H31N. The van der Waals surface area contributed by atoms with Gasteiger partial charge in [0.25, 0.3) is 0 Å².